The molecule has 5 nitrogen and oxygen atoms in total. The van der Waals surface area contributed by atoms with Crippen LogP contribution in [0.15, 0.2) is 29.0 Å². The van der Waals surface area contributed by atoms with Gasteiger partial charge in [-0.1, -0.05) is 12.1 Å². The van der Waals surface area contributed by atoms with Gasteiger partial charge in [-0.2, -0.15) is 4.98 Å². The zero-order chi connectivity index (χ0) is 12.1. The van der Waals surface area contributed by atoms with E-state index in [1.807, 2.05) is 19.2 Å². The molecular formula is C12H16N4O. The van der Waals surface area contributed by atoms with Crippen LogP contribution in [0.4, 0.5) is 0 Å². The van der Waals surface area contributed by atoms with Crippen molar-refractivity contribution in [1.29, 1.82) is 0 Å². The van der Waals surface area contributed by atoms with E-state index in [0.29, 0.717) is 11.9 Å². The van der Waals surface area contributed by atoms with Gasteiger partial charge < -0.3 is 9.84 Å². The molecule has 0 spiro atoms. The SMILES string of the molecule is CCC(Cc1noc(-c2ccncc2)n1)NC. The van der Waals surface area contributed by atoms with Gasteiger partial charge in [0.05, 0.1) is 0 Å². The largest absolute Gasteiger partial charge is 0.334 e. The zero-order valence-corrected chi connectivity index (χ0v) is 10.1. The highest BCUT2D eigenvalue weighted by atomic mass is 16.5. The molecule has 0 radical (unpaired) electrons. The normalized spacial score (nSPS) is 12.6. The average molecular weight is 232 g/mol. The summed E-state index contributed by atoms with van der Waals surface area (Å²) in [7, 11) is 1.94. The van der Waals surface area contributed by atoms with E-state index in [0.717, 1.165) is 24.2 Å². The Kier molecular flexibility index (Phi) is 3.82. The topological polar surface area (TPSA) is 63.8 Å². The molecule has 1 unspecified atom stereocenters. The van der Waals surface area contributed by atoms with Crippen LogP contribution in [0.1, 0.15) is 19.2 Å². The Labute approximate surface area is 100 Å². The molecule has 0 saturated carbocycles. The first-order valence-corrected chi connectivity index (χ1v) is 5.73. The predicted molar refractivity (Wildman–Crippen MR) is 64.4 cm³/mol. The molecule has 0 aliphatic heterocycles. The van der Waals surface area contributed by atoms with Crippen molar-refractivity contribution in [3.05, 3.63) is 30.4 Å². The summed E-state index contributed by atoms with van der Waals surface area (Å²) in [5, 5.41) is 7.20. The molecule has 5 heteroatoms. The van der Waals surface area contributed by atoms with E-state index < -0.39 is 0 Å². The summed E-state index contributed by atoms with van der Waals surface area (Å²) in [5.41, 5.74) is 0.899. The number of likely N-dealkylation sites (N-methyl/N-ethyl adjacent to an activating group) is 1. The van der Waals surface area contributed by atoms with Crippen molar-refractivity contribution in [1.82, 2.24) is 20.4 Å². The van der Waals surface area contributed by atoms with Crippen molar-refractivity contribution in [3.8, 4) is 11.5 Å². The Morgan fingerprint density at radius 2 is 2.12 bits per heavy atom. The number of aromatic nitrogens is 3. The molecule has 17 heavy (non-hydrogen) atoms. The van der Waals surface area contributed by atoms with Crippen molar-refractivity contribution in [2.75, 3.05) is 7.05 Å². The van der Waals surface area contributed by atoms with E-state index in [1.165, 1.54) is 0 Å². The fourth-order valence-electron chi connectivity index (χ4n) is 1.62. The van der Waals surface area contributed by atoms with Gasteiger partial charge in [0.15, 0.2) is 5.82 Å². The molecule has 0 saturated heterocycles. The lowest BCUT2D eigenvalue weighted by Crippen LogP contribution is -2.26. The Morgan fingerprint density at radius 1 is 1.35 bits per heavy atom. The van der Waals surface area contributed by atoms with E-state index in [2.05, 4.69) is 27.4 Å². The van der Waals surface area contributed by atoms with Gasteiger partial charge in [-0.15, -0.1) is 0 Å². The molecule has 0 aromatic carbocycles. The molecule has 1 atom stereocenters. The Balaban J connectivity index is 2.11. The van der Waals surface area contributed by atoms with E-state index in [1.54, 1.807) is 12.4 Å². The number of nitrogens with zero attached hydrogens (tertiary/aromatic N) is 3. The monoisotopic (exact) mass is 232 g/mol. The van der Waals surface area contributed by atoms with Crippen LogP contribution in [0, 0.1) is 0 Å². The number of pyridine rings is 1. The standard InChI is InChI=1S/C12H16N4O/c1-3-10(13-2)8-11-15-12(17-16-11)9-4-6-14-7-5-9/h4-7,10,13H,3,8H2,1-2H3. The molecule has 0 bridgehead atoms. The summed E-state index contributed by atoms with van der Waals surface area (Å²) in [6.45, 7) is 2.13. The maximum absolute atomic E-state index is 5.22. The fourth-order valence-corrected chi connectivity index (χ4v) is 1.62. The van der Waals surface area contributed by atoms with E-state index in [9.17, 15) is 0 Å². The van der Waals surface area contributed by atoms with Gasteiger partial charge in [0.2, 0.25) is 0 Å². The highest BCUT2D eigenvalue weighted by Gasteiger charge is 2.12. The van der Waals surface area contributed by atoms with Crippen LogP contribution in [0.2, 0.25) is 0 Å². The molecule has 0 fully saturated rings. The van der Waals surface area contributed by atoms with Gasteiger partial charge in [-0.3, -0.25) is 4.98 Å². The highest BCUT2D eigenvalue weighted by Crippen LogP contribution is 2.16. The van der Waals surface area contributed by atoms with Crippen LogP contribution in [0.25, 0.3) is 11.5 Å². The van der Waals surface area contributed by atoms with Crippen molar-refractivity contribution >= 4 is 0 Å². The third-order valence-corrected chi connectivity index (χ3v) is 2.73. The van der Waals surface area contributed by atoms with Gasteiger partial charge in [0.25, 0.3) is 5.89 Å². The summed E-state index contributed by atoms with van der Waals surface area (Å²) >= 11 is 0. The highest BCUT2D eigenvalue weighted by molar-refractivity contribution is 5.50. The number of nitrogens with one attached hydrogen (secondary N) is 1. The quantitative estimate of drug-likeness (QED) is 0.849. The van der Waals surface area contributed by atoms with Gasteiger partial charge in [-0.25, -0.2) is 0 Å². The molecular weight excluding hydrogens is 216 g/mol. The molecule has 0 aliphatic rings. The van der Waals surface area contributed by atoms with Crippen LogP contribution in [-0.2, 0) is 6.42 Å². The Hall–Kier alpha value is -1.75. The maximum Gasteiger partial charge on any atom is 0.258 e. The zero-order valence-electron chi connectivity index (χ0n) is 10.1. The maximum atomic E-state index is 5.22. The first-order valence-electron chi connectivity index (χ1n) is 5.73. The van der Waals surface area contributed by atoms with E-state index >= 15 is 0 Å². The van der Waals surface area contributed by atoms with Crippen molar-refractivity contribution in [2.24, 2.45) is 0 Å². The van der Waals surface area contributed by atoms with Crippen LogP contribution in [0.3, 0.4) is 0 Å². The molecule has 0 aliphatic carbocycles. The molecule has 2 aromatic rings. The number of hydrogen-bond donors (Lipinski definition) is 1. The molecule has 2 heterocycles. The molecule has 0 amide bonds. The smallest absolute Gasteiger partial charge is 0.258 e. The molecule has 1 N–H and O–H groups in total. The van der Waals surface area contributed by atoms with Crippen molar-refractivity contribution in [2.45, 2.75) is 25.8 Å². The number of rotatable bonds is 5. The summed E-state index contributed by atoms with van der Waals surface area (Å²) in [4.78, 5) is 8.32. The minimum absolute atomic E-state index is 0.387. The third kappa shape index (κ3) is 2.88. The first-order chi connectivity index (χ1) is 8.33. The predicted octanol–water partition coefficient (Wildman–Crippen LogP) is 1.67. The minimum Gasteiger partial charge on any atom is -0.334 e. The van der Waals surface area contributed by atoms with E-state index in [-0.39, 0.29) is 0 Å². The van der Waals surface area contributed by atoms with Crippen LogP contribution in [0.5, 0.6) is 0 Å². The van der Waals surface area contributed by atoms with Gasteiger partial charge in [0, 0.05) is 30.4 Å². The molecule has 2 aromatic heterocycles. The lowest BCUT2D eigenvalue weighted by molar-refractivity contribution is 0.415. The van der Waals surface area contributed by atoms with Gasteiger partial charge in [-0.05, 0) is 25.6 Å². The Bertz CT molecular complexity index is 451. The average Bonchev–Trinajstić information content (AvgIpc) is 2.85. The lowest BCUT2D eigenvalue weighted by atomic mass is 10.1. The van der Waals surface area contributed by atoms with Crippen LogP contribution >= 0.6 is 0 Å². The van der Waals surface area contributed by atoms with E-state index in [4.69, 9.17) is 4.52 Å². The van der Waals surface area contributed by atoms with Crippen LogP contribution < -0.4 is 5.32 Å². The Morgan fingerprint density at radius 3 is 2.76 bits per heavy atom. The van der Waals surface area contributed by atoms with Gasteiger partial charge in [0.1, 0.15) is 0 Å². The second-order valence-corrected chi connectivity index (χ2v) is 3.85. The third-order valence-electron chi connectivity index (χ3n) is 2.73. The molecule has 90 valence electrons. The van der Waals surface area contributed by atoms with Crippen molar-refractivity contribution < 1.29 is 4.52 Å². The first kappa shape index (κ1) is 11.7. The summed E-state index contributed by atoms with van der Waals surface area (Å²) in [5.74, 6) is 1.28. The summed E-state index contributed by atoms with van der Waals surface area (Å²) in [6.07, 6.45) is 5.24. The number of hydrogen-bond acceptors (Lipinski definition) is 5. The summed E-state index contributed by atoms with van der Waals surface area (Å²) in [6, 6.07) is 4.09. The fraction of sp³-hybridized carbons (Fsp3) is 0.417. The van der Waals surface area contributed by atoms with Crippen LogP contribution in [-0.4, -0.2) is 28.2 Å². The minimum atomic E-state index is 0.387. The van der Waals surface area contributed by atoms with Gasteiger partial charge >= 0.3 is 0 Å². The summed E-state index contributed by atoms with van der Waals surface area (Å²) < 4.78 is 5.22. The second-order valence-electron chi connectivity index (χ2n) is 3.85. The lowest BCUT2D eigenvalue weighted by Gasteiger charge is -2.09. The molecule has 2 rings (SSSR count). The van der Waals surface area contributed by atoms with Crippen molar-refractivity contribution in [3.63, 3.8) is 0 Å². The second kappa shape index (κ2) is 5.54.